The van der Waals surface area contributed by atoms with Crippen LogP contribution in [0.3, 0.4) is 0 Å². The maximum Gasteiger partial charge on any atom is 0.0996 e. The van der Waals surface area contributed by atoms with Crippen molar-refractivity contribution < 1.29 is 4.42 Å². The summed E-state index contributed by atoms with van der Waals surface area (Å²) in [5, 5.41) is 0. The summed E-state index contributed by atoms with van der Waals surface area (Å²) >= 11 is 0. The molecule has 0 saturated carbocycles. The summed E-state index contributed by atoms with van der Waals surface area (Å²) in [5.41, 5.74) is 1.91. The molecule has 0 aromatic carbocycles. The molecule has 1 radical (unpaired) electrons. The molecule has 0 spiro atoms. The lowest BCUT2D eigenvalue weighted by atomic mass is 10.2. The van der Waals surface area contributed by atoms with Crippen LogP contribution in [0, 0.1) is 6.07 Å². The topological polar surface area (TPSA) is 26.0 Å². The highest BCUT2D eigenvalue weighted by atomic mass is 16.3. The SMILES string of the molecule is [c]1ccc(-c2ccoc2)nc1. The third-order valence-corrected chi connectivity index (χ3v) is 1.43. The van der Waals surface area contributed by atoms with Gasteiger partial charge in [-0.2, -0.15) is 0 Å². The fourth-order valence-corrected chi connectivity index (χ4v) is 0.901. The van der Waals surface area contributed by atoms with E-state index in [1.54, 1.807) is 18.7 Å². The molecule has 0 amide bonds. The van der Waals surface area contributed by atoms with Crippen molar-refractivity contribution in [3.8, 4) is 11.3 Å². The molecule has 2 nitrogen and oxygen atoms in total. The fourth-order valence-electron chi connectivity index (χ4n) is 0.901. The van der Waals surface area contributed by atoms with Crippen molar-refractivity contribution in [2.75, 3.05) is 0 Å². The Morgan fingerprint density at radius 2 is 2.36 bits per heavy atom. The van der Waals surface area contributed by atoms with Crippen molar-refractivity contribution >= 4 is 0 Å². The molecule has 2 aromatic heterocycles. The van der Waals surface area contributed by atoms with E-state index in [1.165, 1.54) is 0 Å². The summed E-state index contributed by atoms with van der Waals surface area (Å²) < 4.78 is 4.92. The number of hydrogen-bond acceptors (Lipinski definition) is 2. The zero-order valence-corrected chi connectivity index (χ0v) is 5.82. The third kappa shape index (κ3) is 1.15. The molecule has 0 unspecified atom stereocenters. The average Bonchev–Trinajstić information content (AvgIpc) is 2.58. The quantitative estimate of drug-likeness (QED) is 0.612. The summed E-state index contributed by atoms with van der Waals surface area (Å²) in [6.07, 6.45) is 4.94. The van der Waals surface area contributed by atoms with Gasteiger partial charge in [0.05, 0.1) is 18.2 Å². The minimum absolute atomic E-state index is 0.914. The largest absolute Gasteiger partial charge is 0.472 e. The first kappa shape index (κ1) is 6.16. The molecule has 0 N–H and O–H groups in total. The molecule has 0 aliphatic rings. The normalized spacial score (nSPS) is 9.82. The second-order valence-electron chi connectivity index (χ2n) is 2.16. The molecule has 0 fully saturated rings. The van der Waals surface area contributed by atoms with Crippen LogP contribution in [0.1, 0.15) is 0 Å². The van der Waals surface area contributed by atoms with Gasteiger partial charge in [-0.05, 0) is 12.1 Å². The summed E-state index contributed by atoms with van der Waals surface area (Å²) in [7, 11) is 0. The number of rotatable bonds is 1. The van der Waals surface area contributed by atoms with Crippen LogP contribution in [0.15, 0.2) is 41.3 Å². The van der Waals surface area contributed by atoms with Crippen molar-refractivity contribution in [2.24, 2.45) is 0 Å². The number of furan rings is 1. The molecular formula is C9H6NO. The lowest BCUT2D eigenvalue weighted by Gasteiger charge is -1.91. The van der Waals surface area contributed by atoms with Crippen LogP contribution >= 0.6 is 0 Å². The van der Waals surface area contributed by atoms with Gasteiger partial charge in [-0.25, -0.2) is 0 Å². The maximum atomic E-state index is 4.92. The van der Waals surface area contributed by atoms with E-state index >= 15 is 0 Å². The third-order valence-electron chi connectivity index (χ3n) is 1.43. The molecule has 2 rings (SSSR count). The van der Waals surface area contributed by atoms with Gasteiger partial charge in [0.15, 0.2) is 0 Å². The number of hydrogen-bond donors (Lipinski definition) is 0. The summed E-state index contributed by atoms with van der Waals surface area (Å²) in [6.45, 7) is 0. The van der Waals surface area contributed by atoms with Crippen LogP contribution in [0.4, 0.5) is 0 Å². The molecule has 0 saturated heterocycles. The standard InChI is InChI=1S/C9H6NO/c1-2-5-10-9(3-1)8-4-6-11-7-8/h1,3-7H. The second-order valence-corrected chi connectivity index (χ2v) is 2.16. The minimum atomic E-state index is 0.914. The highest BCUT2D eigenvalue weighted by molar-refractivity contribution is 5.56. The van der Waals surface area contributed by atoms with E-state index in [-0.39, 0.29) is 0 Å². The number of pyridine rings is 1. The van der Waals surface area contributed by atoms with Gasteiger partial charge in [0.1, 0.15) is 0 Å². The minimum Gasteiger partial charge on any atom is -0.472 e. The van der Waals surface area contributed by atoms with Crippen molar-refractivity contribution in [3.05, 3.63) is 43.0 Å². The van der Waals surface area contributed by atoms with Crippen LogP contribution in [0.2, 0.25) is 0 Å². The van der Waals surface area contributed by atoms with E-state index in [9.17, 15) is 0 Å². The average molecular weight is 144 g/mol. The van der Waals surface area contributed by atoms with Crippen LogP contribution in [0.5, 0.6) is 0 Å². The van der Waals surface area contributed by atoms with Crippen LogP contribution < -0.4 is 0 Å². The highest BCUT2D eigenvalue weighted by Crippen LogP contribution is 2.15. The van der Waals surface area contributed by atoms with E-state index in [2.05, 4.69) is 11.1 Å². The summed E-state index contributed by atoms with van der Waals surface area (Å²) in [6, 6.07) is 8.45. The first-order valence-corrected chi connectivity index (χ1v) is 3.31. The van der Waals surface area contributed by atoms with Crippen molar-refractivity contribution in [3.63, 3.8) is 0 Å². The Morgan fingerprint density at radius 3 is 3.00 bits per heavy atom. The Kier molecular flexibility index (Phi) is 1.44. The Labute approximate surface area is 64.5 Å². The maximum absolute atomic E-state index is 4.92. The highest BCUT2D eigenvalue weighted by Gasteiger charge is 1.96. The molecule has 11 heavy (non-hydrogen) atoms. The lowest BCUT2D eigenvalue weighted by molar-refractivity contribution is 0.568. The molecule has 0 aliphatic carbocycles. The Bertz CT molecular complexity index is 313. The lowest BCUT2D eigenvalue weighted by Crippen LogP contribution is -1.76. The van der Waals surface area contributed by atoms with E-state index < -0.39 is 0 Å². The van der Waals surface area contributed by atoms with Gasteiger partial charge in [0.25, 0.3) is 0 Å². The van der Waals surface area contributed by atoms with Crippen LogP contribution in [-0.4, -0.2) is 4.98 Å². The molecule has 0 bridgehead atoms. The second kappa shape index (κ2) is 2.58. The Hall–Kier alpha value is -1.57. The van der Waals surface area contributed by atoms with Gasteiger partial charge >= 0.3 is 0 Å². The van der Waals surface area contributed by atoms with E-state index in [4.69, 9.17) is 4.42 Å². The monoisotopic (exact) mass is 144 g/mol. The molecule has 53 valence electrons. The van der Waals surface area contributed by atoms with Gasteiger partial charge in [0, 0.05) is 17.8 Å². The molecule has 0 atom stereocenters. The van der Waals surface area contributed by atoms with E-state index in [1.807, 2.05) is 18.2 Å². The predicted molar refractivity (Wildman–Crippen MR) is 40.8 cm³/mol. The molecular weight excluding hydrogens is 138 g/mol. The van der Waals surface area contributed by atoms with Crippen molar-refractivity contribution in [1.29, 1.82) is 0 Å². The van der Waals surface area contributed by atoms with E-state index in [0.717, 1.165) is 11.3 Å². The fraction of sp³-hybridized carbons (Fsp3) is 0. The molecule has 2 aromatic rings. The van der Waals surface area contributed by atoms with Crippen LogP contribution in [0.25, 0.3) is 11.3 Å². The van der Waals surface area contributed by atoms with E-state index in [0.29, 0.717) is 0 Å². The number of nitrogens with zero attached hydrogens (tertiary/aromatic N) is 1. The van der Waals surface area contributed by atoms with Gasteiger partial charge in [-0.1, -0.05) is 6.07 Å². The zero-order valence-electron chi connectivity index (χ0n) is 5.82. The van der Waals surface area contributed by atoms with Gasteiger partial charge in [-0.15, -0.1) is 0 Å². The van der Waals surface area contributed by atoms with Gasteiger partial charge in [0.2, 0.25) is 0 Å². The first-order valence-electron chi connectivity index (χ1n) is 3.31. The van der Waals surface area contributed by atoms with Crippen LogP contribution in [-0.2, 0) is 0 Å². The molecule has 0 aliphatic heterocycles. The Morgan fingerprint density at radius 1 is 1.36 bits per heavy atom. The molecule has 2 heterocycles. The zero-order chi connectivity index (χ0) is 7.52. The van der Waals surface area contributed by atoms with Gasteiger partial charge in [-0.3, -0.25) is 4.98 Å². The Balaban J connectivity index is 2.46. The predicted octanol–water partition coefficient (Wildman–Crippen LogP) is 2.14. The first-order chi connectivity index (χ1) is 5.47. The molecule has 2 heteroatoms. The number of aromatic nitrogens is 1. The van der Waals surface area contributed by atoms with Crippen molar-refractivity contribution in [1.82, 2.24) is 4.98 Å². The van der Waals surface area contributed by atoms with Gasteiger partial charge < -0.3 is 4.42 Å². The summed E-state index contributed by atoms with van der Waals surface area (Å²) in [4.78, 5) is 4.11. The smallest absolute Gasteiger partial charge is 0.0996 e. The van der Waals surface area contributed by atoms with Crippen molar-refractivity contribution in [2.45, 2.75) is 0 Å². The summed E-state index contributed by atoms with van der Waals surface area (Å²) in [5.74, 6) is 0.